The van der Waals surface area contributed by atoms with Crippen LogP contribution in [-0.2, 0) is 11.2 Å². The summed E-state index contributed by atoms with van der Waals surface area (Å²) in [6, 6.07) is 14.6. The zero-order valence-electron chi connectivity index (χ0n) is 15.2. The summed E-state index contributed by atoms with van der Waals surface area (Å²) in [6.07, 6.45) is 3.35. The first-order valence-corrected chi connectivity index (χ1v) is 8.73. The van der Waals surface area contributed by atoms with Gasteiger partial charge in [-0.2, -0.15) is 0 Å². The Balaban J connectivity index is 1.83. The molecule has 0 fully saturated rings. The predicted octanol–water partition coefficient (Wildman–Crippen LogP) is 5.05. The number of aromatic nitrogens is 2. The van der Waals surface area contributed by atoms with E-state index in [1.807, 2.05) is 0 Å². The molecule has 27 heavy (non-hydrogen) atoms. The summed E-state index contributed by atoms with van der Waals surface area (Å²) in [7, 11) is 0. The van der Waals surface area contributed by atoms with E-state index in [0.29, 0.717) is 28.8 Å². The highest BCUT2D eigenvalue weighted by molar-refractivity contribution is 5.98. The number of rotatable bonds is 6. The molecule has 1 aromatic heterocycles. The maximum absolute atomic E-state index is 13.0. The van der Waals surface area contributed by atoms with Gasteiger partial charge in [-0.25, -0.2) is 14.4 Å². The van der Waals surface area contributed by atoms with Gasteiger partial charge in [-0.15, -0.1) is 0 Å². The minimum Gasteiger partial charge on any atom is -0.457 e. The molecule has 0 bridgehead atoms. The number of nitrogens with zero attached hydrogens (tertiary/aromatic N) is 3. The van der Waals surface area contributed by atoms with Crippen LogP contribution in [0.4, 0.5) is 15.9 Å². The van der Waals surface area contributed by atoms with Gasteiger partial charge in [0.25, 0.3) is 0 Å². The zero-order valence-corrected chi connectivity index (χ0v) is 15.2. The largest absolute Gasteiger partial charge is 0.457 e. The molecule has 2 aromatic carbocycles. The fourth-order valence-corrected chi connectivity index (χ4v) is 2.63. The quantitative estimate of drug-likeness (QED) is 0.614. The van der Waals surface area contributed by atoms with Crippen LogP contribution in [0.5, 0.6) is 11.5 Å². The highest BCUT2D eigenvalue weighted by Crippen LogP contribution is 2.28. The fourth-order valence-electron chi connectivity index (χ4n) is 2.63. The minimum absolute atomic E-state index is 0.150. The van der Waals surface area contributed by atoms with Crippen molar-refractivity contribution in [3.8, 4) is 11.5 Å². The molecule has 1 heterocycles. The molecule has 1 amide bonds. The Bertz CT molecular complexity index is 911. The Kier molecular flexibility index (Phi) is 5.76. The van der Waals surface area contributed by atoms with Gasteiger partial charge >= 0.3 is 0 Å². The van der Waals surface area contributed by atoms with Crippen LogP contribution >= 0.6 is 0 Å². The van der Waals surface area contributed by atoms with Crippen molar-refractivity contribution in [2.75, 3.05) is 4.90 Å². The Morgan fingerprint density at radius 3 is 2.26 bits per heavy atom. The molecule has 0 radical (unpaired) electrons. The summed E-state index contributed by atoms with van der Waals surface area (Å²) >= 11 is 0. The first-order valence-electron chi connectivity index (χ1n) is 8.73. The maximum Gasteiger partial charge on any atom is 0.229 e. The van der Waals surface area contributed by atoms with Crippen LogP contribution in [-0.4, -0.2) is 15.9 Å². The van der Waals surface area contributed by atoms with Crippen LogP contribution in [0.3, 0.4) is 0 Å². The van der Waals surface area contributed by atoms with Gasteiger partial charge in [0, 0.05) is 19.5 Å². The Morgan fingerprint density at radius 2 is 1.67 bits per heavy atom. The number of carbonyl (C=O) groups is 1. The fraction of sp³-hybridized carbons (Fsp3) is 0.190. The summed E-state index contributed by atoms with van der Waals surface area (Å²) in [6.45, 7) is 3.54. The number of ether oxygens (including phenoxy) is 1. The van der Waals surface area contributed by atoms with Crippen molar-refractivity contribution in [2.24, 2.45) is 0 Å². The number of anilines is 2. The van der Waals surface area contributed by atoms with Gasteiger partial charge in [0.15, 0.2) is 0 Å². The van der Waals surface area contributed by atoms with E-state index in [0.717, 1.165) is 12.8 Å². The molecule has 3 rings (SSSR count). The standard InChI is InChI=1S/C21H20FN3O2/c1-3-4-20-23-14-13-21(24-20)25(15(2)26)17-7-11-19(12-8-17)27-18-9-5-16(22)6-10-18/h5-14H,3-4H2,1-2H3. The number of hydrogen-bond donors (Lipinski definition) is 0. The molecule has 0 atom stereocenters. The molecule has 0 N–H and O–H groups in total. The number of hydrogen-bond acceptors (Lipinski definition) is 4. The third-order valence-electron chi connectivity index (χ3n) is 3.85. The van der Waals surface area contributed by atoms with Gasteiger partial charge in [-0.1, -0.05) is 6.92 Å². The monoisotopic (exact) mass is 365 g/mol. The van der Waals surface area contributed by atoms with Crippen molar-refractivity contribution < 1.29 is 13.9 Å². The van der Waals surface area contributed by atoms with Crippen molar-refractivity contribution in [3.05, 3.63) is 72.4 Å². The van der Waals surface area contributed by atoms with Gasteiger partial charge in [-0.05, 0) is 61.0 Å². The zero-order chi connectivity index (χ0) is 19.2. The Morgan fingerprint density at radius 1 is 1.04 bits per heavy atom. The van der Waals surface area contributed by atoms with Crippen molar-refractivity contribution in [3.63, 3.8) is 0 Å². The molecule has 0 aliphatic heterocycles. The molecular formula is C21H20FN3O2. The smallest absolute Gasteiger partial charge is 0.229 e. The van der Waals surface area contributed by atoms with Crippen molar-refractivity contribution in [1.82, 2.24) is 9.97 Å². The molecule has 6 heteroatoms. The molecule has 0 unspecified atom stereocenters. The van der Waals surface area contributed by atoms with Gasteiger partial charge in [0.2, 0.25) is 5.91 Å². The molecular weight excluding hydrogens is 345 g/mol. The van der Waals surface area contributed by atoms with Crippen LogP contribution in [0.25, 0.3) is 0 Å². The summed E-state index contributed by atoms with van der Waals surface area (Å²) in [4.78, 5) is 22.5. The lowest BCUT2D eigenvalue weighted by Crippen LogP contribution is -2.24. The van der Waals surface area contributed by atoms with Crippen LogP contribution in [0.1, 0.15) is 26.1 Å². The minimum atomic E-state index is -0.318. The number of aryl methyl sites for hydroxylation is 1. The van der Waals surface area contributed by atoms with E-state index >= 15 is 0 Å². The van der Waals surface area contributed by atoms with Gasteiger partial charge in [-0.3, -0.25) is 9.69 Å². The van der Waals surface area contributed by atoms with Crippen LogP contribution in [0.2, 0.25) is 0 Å². The van der Waals surface area contributed by atoms with Crippen LogP contribution in [0.15, 0.2) is 60.8 Å². The molecule has 138 valence electrons. The predicted molar refractivity (Wildman–Crippen MR) is 102 cm³/mol. The second kappa shape index (κ2) is 8.40. The summed E-state index contributed by atoms with van der Waals surface area (Å²) < 4.78 is 18.7. The van der Waals surface area contributed by atoms with E-state index in [1.165, 1.54) is 24.0 Å². The molecule has 0 saturated carbocycles. The lowest BCUT2D eigenvalue weighted by atomic mass is 10.2. The van der Waals surface area contributed by atoms with Gasteiger partial charge < -0.3 is 4.74 Å². The average molecular weight is 365 g/mol. The first-order chi connectivity index (χ1) is 13.1. The first kappa shape index (κ1) is 18.5. The van der Waals surface area contributed by atoms with E-state index in [1.54, 1.807) is 48.7 Å². The molecule has 5 nitrogen and oxygen atoms in total. The van der Waals surface area contributed by atoms with Gasteiger partial charge in [0.1, 0.15) is 29.0 Å². The third kappa shape index (κ3) is 4.67. The normalized spacial score (nSPS) is 10.5. The molecule has 3 aromatic rings. The van der Waals surface area contributed by atoms with E-state index < -0.39 is 0 Å². The molecule has 0 aliphatic carbocycles. The third-order valence-corrected chi connectivity index (χ3v) is 3.85. The lowest BCUT2D eigenvalue weighted by Gasteiger charge is -2.20. The second-order valence-corrected chi connectivity index (χ2v) is 5.99. The lowest BCUT2D eigenvalue weighted by molar-refractivity contribution is -0.115. The van der Waals surface area contributed by atoms with E-state index in [4.69, 9.17) is 4.74 Å². The molecule has 0 aliphatic rings. The number of amides is 1. The Hall–Kier alpha value is -3.28. The van der Waals surface area contributed by atoms with Crippen LogP contribution < -0.4 is 9.64 Å². The number of carbonyl (C=O) groups excluding carboxylic acids is 1. The summed E-state index contributed by atoms with van der Waals surface area (Å²) in [5.41, 5.74) is 0.676. The van der Waals surface area contributed by atoms with E-state index in [2.05, 4.69) is 16.9 Å². The second-order valence-electron chi connectivity index (χ2n) is 5.99. The van der Waals surface area contributed by atoms with Crippen LogP contribution in [0, 0.1) is 5.82 Å². The van der Waals surface area contributed by atoms with E-state index in [-0.39, 0.29) is 11.7 Å². The van der Waals surface area contributed by atoms with Crippen molar-refractivity contribution in [1.29, 1.82) is 0 Å². The maximum atomic E-state index is 13.0. The molecule has 0 spiro atoms. The van der Waals surface area contributed by atoms with Crippen molar-refractivity contribution >= 4 is 17.4 Å². The van der Waals surface area contributed by atoms with E-state index in [9.17, 15) is 9.18 Å². The van der Waals surface area contributed by atoms with Crippen molar-refractivity contribution in [2.45, 2.75) is 26.7 Å². The Labute approximate surface area is 157 Å². The molecule has 0 saturated heterocycles. The highest BCUT2D eigenvalue weighted by Gasteiger charge is 2.16. The average Bonchev–Trinajstić information content (AvgIpc) is 2.66. The number of benzene rings is 2. The number of halogens is 1. The SMILES string of the molecule is CCCc1nccc(N(C(C)=O)c2ccc(Oc3ccc(F)cc3)cc2)n1. The highest BCUT2D eigenvalue weighted by atomic mass is 19.1. The summed E-state index contributed by atoms with van der Waals surface area (Å²) in [5, 5.41) is 0. The topological polar surface area (TPSA) is 55.3 Å². The van der Waals surface area contributed by atoms with Gasteiger partial charge in [0.05, 0.1) is 5.69 Å². The summed E-state index contributed by atoms with van der Waals surface area (Å²) in [5.74, 6) is 1.90.